The molecular weight excluding hydrogens is 396 g/mol. The number of fused-ring (bicyclic) bond motifs is 1. The van der Waals surface area contributed by atoms with E-state index in [2.05, 4.69) is 4.98 Å². The molecule has 0 radical (unpaired) electrons. The maximum atomic E-state index is 13.0. The number of aromatic nitrogens is 2. The van der Waals surface area contributed by atoms with Gasteiger partial charge in [0.25, 0.3) is 5.56 Å². The number of benzene rings is 2. The van der Waals surface area contributed by atoms with E-state index in [-0.39, 0.29) is 41.4 Å². The Bertz CT molecular complexity index is 1320. The lowest BCUT2D eigenvalue weighted by Gasteiger charge is -2.07. The van der Waals surface area contributed by atoms with Crippen LogP contribution in [0.1, 0.15) is 33.4 Å². The van der Waals surface area contributed by atoms with Gasteiger partial charge in [-0.2, -0.15) is 0 Å². The number of esters is 1. The lowest BCUT2D eigenvalue weighted by Crippen LogP contribution is -2.25. The van der Waals surface area contributed by atoms with Crippen LogP contribution in [-0.2, 0) is 11.3 Å². The normalized spacial score (nSPS) is 10.9. The lowest BCUT2D eigenvalue weighted by atomic mass is 10.0. The van der Waals surface area contributed by atoms with Crippen molar-refractivity contribution in [1.82, 2.24) is 9.55 Å². The third-order valence-electron chi connectivity index (χ3n) is 4.96. The monoisotopic (exact) mass is 416 g/mol. The number of ketones is 1. The molecule has 156 valence electrons. The number of hydrogen-bond acceptors (Lipinski definition) is 6. The molecule has 2 aromatic heterocycles. The van der Waals surface area contributed by atoms with Crippen molar-refractivity contribution in [3.05, 3.63) is 88.2 Å². The first-order valence-electron chi connectivity index (χ1n) is 9.84. The smallest absolute Gasteiger partial charge is 0.342 e. The SMILES string of the molecule is CCOC(=O)c1c(C)oc2ncn(CC(=O)c3ccc(-c4ccccc4)cc3)c(=O)c12. The molecule has 0 amide bonds. The molecule has 0 unspecified atom stereocenters. The van der Waals surface area contributed by atoms with Gasteiger partial charge in [-0.25, -0.2) is 9.78 Å². The summed E-state index contributed by atoms with van der Waals surface area (Å²) in [5.41, 5.74) is 2.07. The average molecular weight is 416 g/mol. The first-order chi connectivity index (χ1) is 15.0. The molecule has 4 rings (SSSR count). The van der Waals surface area contributed by atoms with Gasteiger partial charge in [0.2, 0.25) is 5.71 Å². The topological polar surface area (TPSA) is 91.4 Å². The molecule has 7 heteroatoms. The number of carbonyl (C=O) groups excluding carboxylic acids is 2. The van der Waals surface area contributed by atoms with Crippen molar-refractivity contribution < 1.29 is 18.7 Å². The van der Waals surface area contributed by atoms with E-state index in [1.807, 2.05) is 42.5 Å². The molecule has 0 spiro atoms. The van der Waals surface area contributed by atoms with Crippen LogP contribution in [0.3, 0.4) is 0 Å². The number of hydrogen-bond donors (Lipinski definition) is 0. The first kappa shape index (κ1) is 20.3. The largest absolute Gasteiger partial charge is 0.462 e. The van der Waals surface area contributed by atoms with Crippen LogP contribution in [0, 0.1) is 6.92 Å². The number of nitrogens with zero attached hydrogens (tertiary/aromatic N) is 2. The molecular formula is C24H20N2O5. The van der Waals surface area contributed by atoms with E-state index in [9.17, 15) is 14.4 Å². The maximum absolute atomic E-state index is 13.0. The summed E-state index contributed by atoms with van der Waals surface area (Å²) in [7, 11) is 0. The quantitative estimate of drug-likeness (QED) is 0.348. The predicted octanol–water partition coefficient (Wildman–Crippen LogP) is 4.02. The van der Waals surface area contributed by atoms with E-state index in [4.69, 9.17) is 9.15 Å². The molecule has 31 heavy (non-hydrogen) atoms. The van der Waals surface area contributed by atoms with Gasteiger partial charge in [0.1, 0.15) is 23.0 Å². The fourth-order valence-corrected chi connectivity index (χ4v) is 3.42. The van der Waals surface area contributed by atoms with Crippen LogP contribution in [0.5, 0.6) is 0 Å². The molecule has 0 N–H and O–H groups in total. The Morgan fingerprint density at radius 2 is 1.71 bits per heavy atom. The van der Waals surface area contributed by atoms with Gasteiger partial charge in [-0.1, -0.05) is 54.6 Å². The summed E-state index contributed by atoms with van der Waals surface area (Å²) in [5, 5.41) is 0.0191. The van der Waals surface area contributed by atoms with Crippen molar-refractivity contribution in [2.24, 2.45) is 0 Å². The highest BCUT2D eigenvalue weighted by Gasteiger charge is 2.24. The summed E-state index contributed by atoms with van der Waals surface area (Å²) >= 11 is 0. The van der Waals surface area contributed by atoms with Crippen molar-refractivity contribution in [2.75, 3.05) is 6.61 Å². The zero-order chi connectivity index (χ0) is 22.0. The Hall–Kier alpha value is -4.00. The van der Waals surface area contributed by atoms with Crippen molar-refractivity contribution >= 4 is 22.9 Å². The molecule has 0 atom stereocenters. The maximum Gasteiger partial charge on any atom is 0.342 e. The number of rotatable bonds is 6. The molecule has 0 fully saturated rings. The van der Waals surface area contributed by atoms with Gasteiger partial charge in [0.05, 0.1) is 13.2 Å². The average Bonchev–Trinajstić information content (AvgIpc) is 3.13. The van der Waals surface area contributed by atoms with Gasteiger partial charge in [-0.15, -0.1) is 0 Å². The van der Waals surface area contributed by atoms with Gasteiger partial charge in [-0.05, 0) is 25.0 Å². The lowest BCUT2D eigenvalue weighted by molar-refractivity contribution is 0.0526. The van der Waals surface area contributed by atoms with Crippen LogP contribution in [0.25, 0.3) is 22.2 Å². The molecule has 2 heterocycles. The second kappa shape index (κ2) is 8.39. The molecule has 7 nitrogen and oxygen atoms in total. The highest BCUT2D eigenvalue weighted by molar-refractivity contribution is 6.03. The van der Waals surface area contributed by atoms with Crippen LogP contribution in [-0.4, -0.2) is 27.9 Å². The van der Waals surface area contributed by atoms with Crippen molar-refractivity contribution in [3.8, 4) is 11.1 Å². The minimum Gasteiger partial charge on any atom is -0.462 e. The van der Waals surface area contributed by atoms with Crippen LogP contribution in [0.15, 0.2) is 70.1 Å². The van der Waals surface area contributed by atoms with E-state index >= 15 is 0 Å². The molecule has 0 aliphatic carbocycles. The number of ether oxygens (including phenoxy) is 1. The Balaban J connectivity index is 1.63. The van der Waals surface area contributed by atoms with E-state index in [0.29, 0.717) is 5.56 Å². The molecule has 0 aliphatic heterocycles. The van der Waals surface area contributed by atoms with Crippen LogP contribution >= 0.6 is 0 Å². The minimum atomic E-state index is -0.654. The molecule has 0 saturated carbocycles. The van der Waals surface area contributed by atoms with Crippen molar-refractivity contribution in [3.63, 3.8) is 0 Å². The second-order valence-corrected chi connectivity index (χ2v) is 6.98. The molecule has 0 bridgehead atoms. The number of Topliss-reactive ketones (excluding diaryl/α,β-unsaturated/α-hetero) is 1. The fraction of sp³-hybridized carbons (Fsp3) is 0.167. The molecule has 0 saturated heterocycles. The zero-order valence-electron chi connectivity index (χ0n) is 17.1. The molecule has 4 aromatic rings. The van der Waals surface area contributed by atoms with Crippen LogP contribution in [0.2, 0.25) is 0 Å². The summed E-state index contributed by atoms with van der Waals surface area (Å²) in [5.74, 6) is -0.655. The summed E-state index contributed by atoms with van der Waals surface area (Å²) < 4.78 is 11.6. The van der Waals surface area contributed by atoms with Crippen LogP contribution < -0.4 is 5.56 Å². The molecule has 0 aliphatic rings. The Labute approximate surface area is 177 Å². The Kier molecular flexibility index (Phi) is 5.49. The van der Waals surface area contributed by atoms with Gasteiger partial charge in [-0.3, -0.25) is 14.2 Å². The number of carbonyl (C=O) groups is 2. The predicted molar refractivity (Wildman–Crippen MR) is 115 cm³/mol. The van der Waals surface area contributed by atoms with Crippen molar-refractivity contribution in [1.29, 1.82) is 0 Å². The van der Waals surface area contributed by atoms with Gasteiger partial charge in [0.15, 0.2) is 5.78 Å². The Morgan fingerprint density at radius 3 is 2.39 bits per heavy atom. The number of aryl methyl sites for hydroxylation is 1. The minimum absolute atomic E-state index is 0.0191. The summed E-state index contributed by atoms with van der Waals surface area (Å²) in [6, 6.07) is 17.0. The summed E-state index contributed by atoms with van der Waals surface area (Å²) in [6.45, 7) is 3.20. The number of furan rings is 1. The highest BCUT2D eigenvalue weighted by atomic mass is 16.5. The van der Waals surface area contributed by atoms with E-state index in [1.165, 1.54) is 10.9 Å². The third kappa shape index (κ3) is 3.90. The van der Waals surface area contributed by atoms with Gasteiger partial charge >= 0.3 is 5.97 Å². The standard InChI is InChI=1S/C24H20N2O5/c1-3-30-24(29)20-15(2)31-22-21(20)23(28)26(14-25-22)13-19(27)18-11-9-17(10-12-18)16-7-5-4-6-8-16/h4-12,14H,3,13H2,1-2H3. The summed E-state index contributed by atoms with van der Waals surface area (Å²) in [6.07, 6.45) is 1.25. The van der Waals surface area contributed by atoms with E-state index < -0.39 is 11.5 Å². The van der Waals surface area contributed by atoms with Crippen LogP contribution in [0.4, 0.5) is 0 Å². The van der Waals surface area contributed by atoms with Gasteiger partial charge < -0.3 is 9.15 Å². The highest BCUT2D eigenvalue weighted by Crippen LogP contribution is 2.22. The van der Waals surface area contributed by atoms with E-state index in [1.54, 1.807) is 26.0 Å². The second-order valence-electron chi connectivity index (χ2n) is 6.98. The fourth-order valence-electron chi connectivity index (χ4n) is 3.42. The molecule has 2 aromatic carbocycles. The van der Waals surface area contributed by atoms with Gasteiger partial charge in [0, 0.05) is 5.56 Å². The third-order valence-corrected chi connectivity index (χ3v) is 4.96. The van der Waals surface area contributed by atoms with E-state index in [0.717, 1.165) is 11.1 Å². The summed E-state index contributed by atoms with van der Waals surface area (Å²) in [4.78, 5) is 42.1. The Morgan fingerprint density at radius 1 is 1.03 bits per heavy atom. The first-order valence-corrected chi connectivity index (χ1v) is 9.84. The van der Waals surface area contributed by atoms with Crippen molar-refractivity contribution in [2.45, 2.75) is 20.4 Å². The zero-order valence-corrected chi connectivity index (χ0v) is 17.1.